The molecular formula is C10H4F6N2O. The Morgan fingerprint density at radius 3 is 2.32 bits per heavy atom. The molecule has 2 aromatic rings. The van der Waals surface area contributed by atoms with Gasteiger partial charge in [-0.2, -0.15) is 26.3 Å². The number of Topliss-reactive ketones (excluding diaryl/α,β-unsaturated/α-hetero) is 1. The van der Waals surface area contributed by atoms with Gasteiger partial charge in [0.15, 0.2) is 0 Å². The highest BCUT2D eigenvalue weighted by atomic mass is 19.4. The molecule has 2 rings (SSSR count). The molecule has 0 aliphatic heterocycles. The summed E-state index contributed by atoms with van der Waals surface area (Å²) in [5.41, 5.74) is -3.45. The van der Waals surface area contributed by atoms with Crippen molar-refractivity contribution in [3.63, 3.8) is 0 Å². The number of nitrogens with zero attached hydrogens (tertiary/aromatic N) is 1. The lowest BCUT2D eigenvalue weighted by Gasteiger charge is -2.09. The summed E-state index contributed by atoms with van der Waals surface area (Å²) in [6, 6.07) is 0.917. The van der Waals surface area contributed by atoms with Crippen molar-refractivity contribution in [1.82, 2.24) is 9.97 Å². The average Bonchev–Trinajstić information content (AvgIpc) is 2.65. The number of carbonyl (C=O) groups excluding carboxylic acids is 1. The van der Waals surface area contributed by atoms with Gasteiger partial charge < -0.3 is 4.98 Å². The first-order valence-corrected chi connectivity index (χ1v) is 4.77. The molecule has 0 radical (unpaired) electrons. The number of aromatic amines is 1. The van der Waals surface area contributed by atoms with Crippen LogP contribution in [0.1, 0.15) is 16.1 Å². The maximum Gasteiger partial charge on any atom is 0.454 e. The topological polar surface area (TPSA) is 45.8 Å². The first-order chi connectivity index (χ1) is 8.62. The summed E-state index contributed by atoms with van der Waals surface area (Å²) in [5, 5.41) is -0.468. The van der Waals surface area contributed by atoms with Gasteiger partial charge in [-0.25, -0.2) is 0 Å². The summed E-state index contributed by atoms with van der Waals surface area (Å²) >= 11 is 0. The number of ketones is 1. The van der Waals surface area contributed by atoms with Gasteiger partial charge in [-0.1, -0.05) is 0 Å². The summed E-state index contributed by atoms with van der Waals surface area (Å²) < 4.78 is 75.1. The van der Waals surface area contributed by atoms with Crippen LogP contribution in [-0.2, 0) is 6.18 Å². The lowest BCUT2D eigenvalue weighted by atomic mass is 10.1. The van der Waals surface area contributed by atoms with E-state index in [4.69, 9.17) is 0 Å². The fraction of sp³-hybridized carbons (Fsp3) is 0.200. The summed E-state index contributed by atoms with van der Waals surface area (Å²) in [6.07, 6.45) is -8.57. The molecule has 9 heteroatoms. The maximum atomic E-state index is 12.7. The van der Waals surface area contributed by atoms with Crippen molar-refractivity contribution in [2.45, 2.75) is 12.4 Å². The van der Waals surface area contributed by atoms with Crippen LogP contribution in [0.4, 0.5) is 26.3 Å². The number of rotatable bonds is 1. The number of H-pyrrole nitrogens is 1. The fourth-order valence-corrected chi connectivity index (χ4v) is 1.63. The molecule has 0 atom stereocenters. The molecule has 1 N–H and O–H groups in total. The predicted molar refractivity (Wildman–Crippen MR) is 51.5 cm³/mol. The SMILES string of the molecule is O=C(c1c(C(F)(F)F)[nH]c2cnccc12)C(F)(F)F. The predicted octanol–water partition coefficient (Wildman–Crippen LogP) is 3.33. The summed E-state index contributed by atoms with van der Waals surface area (Å²) in [4.78, 5) is 16.4. The number of nitrogens with one attached hydrogen (secondary N) is 1. The maximum absolute atomic E-state index is 12.7. The number of hydrogen-bond acceptors (Lipinski definition) is 2. The lowest BCUT2D eigenvalue weighted by molar-refractivity contribution is -0.141. The normalized spacial score (nSPS) is 12.9. The summed E-state index contributed by atoms with van der Waals surface area (Å²) in [6.45, 7) is 0. The zero-order chi connectivity index (χ0) is 14.4. The van der Waals surface area contributed by atoms with Gasteiger partial charge >= 0.3 is 12.4 Å². The van der Waals surface area contributed by atoms with Gasteiger partial charge in [0.2, 0.25) is 0 Å². The largest absolute Gasteiger partial charge is 0.454 e. The van der Waals surface area contributed by atoms with Crippen LogP contribution in [0, 0.1) is 0 Å². The number of aromatic nitrogens is 2. The molecule has 0 unspecified atom stereocenters. The molecule has 0 fully saturated rings. The monoisotopic (exact) mass is 282 g/mol. The second-order valence-electron chi connectivity index (χ2n) is 3.62. The molecule has 0 spiro atoms. The van der Waals surface area contributed by atoms with Gasteiger partial charge in [0.1, 0.15) is 5.69 Å². The number of carbonyl (C=O) groups is 1. The first-order valence-electron chi connectivity index (χ1n) is 4.77. The molecule has 0 aliphatic rings. The van der Waals surface area contributed by atoms with Crippen molar-refractivity contribution in [2.24, 2.45) is 0 Å². The van der Waals surface area contributed by atoms with Crippen LogP contribution in [0.5, 0.6) is 0 Å². The number of hydrogen-bond donors (Lipinski definition) is 1. The van der Waals surface area contributed by atoms with Crippen molar-refractivity contribution >= 4 is 16.7 Å². The Balaban J connectivity index is 2.79. The van der Waals surface area contributed by atoms with E-state index in [1.807, 2.05) is 0 Å². The van der Waals surface area contributed by atoms with E-state index in [9.17, 15) is 31.1 Å². The van der Waals surface area contributed by atoms with Crippen LogP contribution in [-0.4, -0.2) is 21.9 Å². The van der Waals surface area contributed by atoms with Crippen molar-refractivity contribution in [3.05, 3.63) is 29.7 Å². The second-order valence-corrected chi connectivity index (χ2v) is 3.62. The van der Waals surface area contributed by atoms with Gasteiger partial charge in [0, 0.05) is 11.6 Å². The Kier molecular flexibility index (Phi) is 2.79. The van der Waals surface area contributed by atoms with E-state index in [1.54, 1.807) is 4.98 Å². The first kappa shape index (κ1) is 13.4. The zero-order valence-corrected chi connectivity index (χ0v) is 8.86. The van der Waals surface area contributed by atoms with E-state index in [0.717, 1.165) is 18.5 Å². The third-order valence-electron chi connectivity index (χ3n) is 2.37. The van der Waals surface area contributed by atoms with Crippen LogP contribution in [0.3, 0.4) is 0 Å². The highest BCUT2D eigenvalue weighted by Gasteiger charge is 2.47. The molecule has 0 bridgehead atoms. The molecule has 0 saturated carbocycles. The molecule has 2 aromatic heterocycles. The standard InChI is InChI=1S/C10H4F6N2O/c11-9(12,13)7-6(8(19)10(14,15)16)4-1-2-17-3-5(4)18-7/h1-3,18H. The van der Waals surface area contributed by atoms with Crippen molar-refractivity contribution in [1.29, 1.82) is 0 Å². The van der Waals surface area contributed by atoms with E-state index in [0.29, 0.717) is 0 Å². The number of halogens is 6. The van der Waals surface area contributed by atoms with Crippen molar-refractivity contribution in [2.75, 3.05) is 0 Å². The van der Waals surface area contributed by atoms with Crippen LogP contribution in [0.25, 0.3) is 10.9 Å². The fourth-order valence-electron chi connectivity index (χ4n) is 1.63. The number of alkyl halides is 6. The minimum atomic E-state index is -5.39. The van der Waals surface area contributed by atoms with Crippen LogP contribution in [0.15, 0.2) is 18.5 Å². The molecular weight excluding hydrogens is 278 g/mol. The Morgan fingerprint density at radius 1 is 1.16 bits per heavy atom. The highest BCUT2D eigenvalue weighted by Crippen LogP contribution is 2.38. The van der Waals surface area contributed by atoms with Crippen LogP contribution < -0.4 is 0 Å². The summed E-state index contributed by atoms with van der Waals surface area (Å²) in [7, 11) is 0. The van der Waals surface area contributed by atoms with E-state index in [1.165, 1.54) is 0 Å². The molecule has 2 heterocycles. The Bertz CT molecular complexity index is 639. The molecule has 0 aliphatic carbocycles. The van der Waals surface area contributed by atoms with Gasteiger partial charge in [-0.3, -0.25) is 9.78 Å². The quantitative estimate of drug-likeness (QED) is 0.644. The Morgan fingerprint density at radius 2 is 1.79 bits per heavy atom. The molecule has 3 nitrogen and oxygen atoms in total. The van der Waals surface area contributed by atoms with Gasteiger partial charge in [0.05, 0.1) is 17.3 Å². The third-order valence-corrected chi connectivity index (χ3v) is 2.37. The van der Waals surface area contributed by atoms with E-state index in [-0.39, 0.29) is 5.52 Å². The molecule has 0 amide bonds. The van der Waals surface area contributed by atoms with Crippen molar-refractivity contribution in [3.8, 4) is 0 Å². The van der Waals surface area contributed by atoms with E-state index in [2.05, 4.69) is 4.98 Å². The molecule has 102 valence electrons. The van der Waals surface area contributed by atoms with E-state index < -0.39 is 34.8 Å². The van der Waals surface area contributed by atoms with Gasteiger partial charge in [-0.15, -0.1) is 0 Å². The van der Waals surface area contributed by atoms with E-state index >= 15 is 0 Å². The molecule has 0 saturated heterocycles. The van der Waals surface area contributed by atoms with Crippen LogP contribution in [0.2, 0.25) is 0 Å². The minimum Gasteiger partial charge on any atom is -0.349 e. The minimum absolute atomic E-state index is 0.289. The Hall–Kier alpha value is -2.06. The smallest absolute Gasteiger partial charge is 0.349 e. The van der Waals surface area contributed by atoms with Gasteiger partial charge in [-0.05, 0) is 6.07 Å². The van der Waals surface area contributed by atoms with Crippen molar-refractivity contribution < 1.29 is 31.1 Å². The molecule has 0 aromatic carbocycles. The molecule has 19 heavy (non-hydrogen) atoms. The highest BCUT2D eigenvalue weighted by molar-refractivity contribution is 6.11. The lowest BCUT2D eigenvalue weighted by Crippen LogP contribution is -2.25. The Labute approximate surface area is 101 Å². The third kappa shape index (κ3) is 2.27. The van der Waals surface area contributed by atoms with Crippen LogP contribution >= 0.6 is 0 Å². The number of pyridine rings is 1. The second kappa shape index (κ2) is 3.97. The summed E-state index contributed by atoms with van der Waals surface area (Å²) in [5.74, 6) is -2.54. The van der Waals surface area contributed by atoms with Gasteiger partial charge in [0.25, 0.3) is 5.78 Å². The average molecular weight is 282 g/mol. The number of fused-ring (bicyclic) bond motifs is 1. The zero-order valence-electron chi connectivity index (χ0n) is 8.86.